The van der Waals surface area contributed by atoms with Gasteiger partial charge in [-0.3, -0.25) is 4.79 Å². The number of carbonyl (C=O) groups is 1. The summed E-state index contributed by atoms with van der Waals surface area (Å²) in [7, 11) is 0. The molecule has 0 aromatic carbocycles. The summed E-state index contributed by atoms with van der Waals surface area (Å²) in [4.78, 5) is 16.2. The lowest BCUT2D eigenvalue weighted by atomic mass is 10.1. The average molecular weight is 416 g/mol. The summed E-state index contributed by atoms with van der Waals surface area (Å²) in [5.74, 6) is 0.621. The third-order valence-corrected chi connectivity index (χ3v) is 4.71. The van der Waals surface area contributed by atoms with E-state index in [1.54, 1.807) is 37.4 Å². The van der Waals surface area contributed by atoms with E-state index in [2.05, 4.69) is 25.7 Å². The molecule has 1 fully saturated rings. The van der Waals surface area contributed by atoms with Crippen molar-refractivity contribution < 1.29 is 18.8 Å². The van der Waals surface area contributed by atoms with Gasteiger partial charge < -0.3 is 19.3 Å². The maximum absolute atomic E-state index is 12.2. The van der Waals surface area contributed by atoms with Gasteiger partial charge in [0, 0.05) is 24.4 Å². The van der Waals surface area contributed by atoms with Gasteiger partial charge in [0.1, 0.15) is 23.2 Å². The van der Waals surface area contributed by atoms with Crippen molar-refractivity contribution in [1.29, 1.82) is 0 Å². The third kappa shape index (κ3) is 4.52. The van der Waals surface area contributed by atoms with Gasteiger partial charge in [-0.1, -0.05) is 16.8 Å². The van der Waals surface area contributed by atoms with Gasteiger partial charge in [0.15, 0.2) is 5.69 Å². The molecule has 1 aliphatic rings. The molecule has 1 saturated heterocycles. The van der Waals surface area contributed by atoms with Gasteiger partial charge in [-0.05, 0) is 31.5 Å². The quantitative estimate of drug-likeness (QED) is 0.611. The molecule has 0 radical (unpaired) electrons. The van der Waals surface area contributed by atoms with Gasteiger partial charge in [0.05, 0.1) is 18.2 Å². The topological polar surface area (TPSA) is 112 Å². The number of hydrogen-bond acceptors (Lipinski definition) is 8. The number of pyridine rings is 1. The van der Waals surface area contributed by atoms with Crippen LogP contribution in [0.1, 0.15) is 28.2 Å². The number of ether oxygens (including phenoxy) is 2. The molecule has 150 valence electrons. The van der Waals surface area contributed by atoms with Crippen LogP contribution in [0.5, 0.6) is 5.88 Å². The molecular weight excluding hydrogens is 398 g/mol. The van der Waals surface area contributed by atoms with E-state index in [9.17, 15) is 4.79 Å². The molecule has 0 spiro atoms. The highest BCUT2D eigenvalue weighted by atomic mass is 35.5. The van der Waals surface area contributed by atoms with Crippen molar-refractivity contribution in [2.75, 3.05) is 13.2 Å². The second-order valence-electron chi connectivity index (χ2n) is 6.51. The van der Waals surface area contributed by atoms with Crippen LogP contribution in [0.15, 0.2) is 35.0 Å². The van der Waals surface area contributed by atoms with Crippen molar-refractivity contribution in [2.45, 2.75) is 26.0 Å². The van der Waals surface area contributed by atoms with Crippen molar-refractivity contribution >= 4 is 17.5 Å². The van der Waals surface area contributed by atoms with Crippen molar-refractivity contribution in [1.82, 2.24) is 25.7 Å². The van der Waals surface area contributed by atoms with E-state index in [4.69, 9.17) is 25.6 Å². The molecule has 0 bridgehead atoms. The lowest BCUT2D eigenvalue weighted by Gasteiger charge is -2.10. The third-order valence-electron chi connectivity index (χ3n) is 4.49. The number of aromatic nitrogens is 4. The van der Waals surface area contributed by atoms with E-state index in [1.165, 1.54) is 0 Å². The number of rotatable bonds is 6. The smallest absolute Gasteiger partial charge is 0.272 e. The molecule has 0 aliphatic carbocycles. The van der Waals surface area contributed by atoms with E-state index in [0.29, 0.717) is 29.8 Å². The van der Waals surface area contributed by atoms with Gasteiger partial charge in [-0.15, -0.1) is 10.2 Å². The highest BCUT2D eigenvalue weighted by molar-refractivity contribution is 6.29. The van der Waals surface area contributed by atoms with Gasteiger partial charge in [-0.2, -0.15) is 0 Å². The molecule has 4 rings (SSSR count). The zero-order valence-corrected chi connectivity index (χ0v) is 16.3. The van der Waals surface area contributed by atoms with Gasteiger partial charge in [-0.25, -0.2) is 4.98 Å². The number of halogens is 1. The Balaban J connectivity index is 1.41. The van der Waals surface area contributed by atoms with Crippen LogP contribution in [0.3, 0.4) is 0 Å². The van der Waals surface area contributed by atoms with Crippen molar-refractivity contribution in [3.05, 3.63) is 52.6 Å². The average Bonchev–Trinajstić information content (AvgIpc) is 3.37. The zero-order chi connectivity index (χ0) is 20.2. The van der Waals surface area contributed by atoms with Crippen LogP contribution in [0.4, 0.5) is 0 Å². The molecule has 1 N–H and O–H groups in total. The molecule has 1 unspecified atom stereocenters. The molecule has 3 aromatic rings. The Morgan fingerprint density at radius 1 is 1.31 bits per heavy atom. The zero-order valence-electron chi connectivity index (χ0n) is 15.6. The summed E-state index contributed by atoms with van der Waals surface area (Å²) in [6.07, 6.45) is 2.41. The number of hydrogen-bond donors (Lipinski definition) is 1. The summed E-state index contributed by atoms with van der Waals surface area (Å²) >= 11 is 5.84. The van der Waals surface area contributed by atoms with Crippen LogP contribution in [0, 0.1) is 6.92 Å². The summed E-state index contributed by atoms with van der Waals surface area (Å²) in [5.41, 5.74) is 2.37. The molecule has 10 heteroatoms. The Labute approximate surface area is 171 Å². The standard InChI is InChI=1S/C19H18ClN5O4/c1-11-14(18(25-29-11)12-2-4-16(20)21-8-12)10-28-17-5-3-15(23-24-17)19(26)22-13-6-7-27-9-13/h2-5,8,13H,6-7,9-10H2,1H3,(H,22,26). The van der Waals surface area contributed by atoms with Crippen molar-refractivity contribution in [2.24, 2.45) is 0 Å². The van der Waals surface area contributed by atoms with Gasteiger partial charge in [0.25, 0.3) is 5.91 Å². The largest absolute Gasteiger partial charge is 0.472 e. The monoisotopic (exact) mass is 415 g/mol. The molecule has 1 amide bonds. The normalized spacial score (nSPS) is 16.0. The van der Waals surface area contributed by atoms with Crippen molar-refractivity contribution in [3.8, 4) is 17.1 Å². The fourth-order valence-corrected chi connectivity index (χ4v) is 2.99. The van der Waals surface area contributed by atoms with Crippen LogP contribution < -0.4 is 10.1 Å². The van der Waals surface area contributed by atoms with E-state index < -0.39 is 0 Å². The molecule has 0 saturated carbocycles. The number of aryl methyl sites for hydroxylation is 1. The maximum Gasteiger partial charge on any atom is 0.272 e. The molecule has 4 heterocycles. The Morgan fingerprint density at radius 2 is 2.21 bits per heavy atom. The number of nitrogens with zero attached hydrogens (tertiary/aromatic N) is 4. The molecular formula is C19H18ClN5O4. The summed E-state index contributed by atoms with van der Waals surface area (Å²) < 4.78 is 16.2. The lowest BCUT2D eigenvalue weighted by molar-refractivity contribution is 0.0923. The van der Waals surface area contributed by atoms with E-state index in [-0.39, 0.29) is 30.1 Å². The minimum atomic E-state index is -0.285. The Kier molecular flexibility index (Phi) is 5.68. The second-order valence-corrected chi connectivity index (χ2v) is 6.90. The molecule has 3 aromatic heterocycles. The van der Waals surface area contributed by atoms with Crippen LogP contribution in [-0.2, 0) is 11.3 Å². The first kappa shape index (κ1) is 19.3. The van der Waals surface area contributed by atoms with E-state index in [1.807, 2.05) is 0 Å². The van der Waals surface area contributed by atoms with Crippen molar-refractivity contribution in [3.63, 3.8) is 0 Å². The van der Waals surface area contributed by atoms with Crippen LogP contribution in [0.2, 0.25) is 5.15 Å². The SMILES string of the molecule is Cc1onc(-c2ccc(Cl)nc2)c1COc1ccc(C(=O)NC2CCOC2)nn1. The molecule has 9 nitrogen and oxygen atoms in total. The molecule has 29 heavy (non-hydrogen) atoms. The maximum atomic E-state index is 12.2. The van der Waals surface area contributed by atoms with Crippen LogP contribution in [-0.4, -0.2) is 45.5 Å². The Bertz CT molecular complexity index is 985. The van der Waals surface area contributed by atoms with E-state index >= 15 is 0 Å². The Morgan fingerprint density at radius 3 is 2.90 bits per heavy atom. The summed E-state index contributed by atoms with van der Waals surface area (Å²) in [6.45, 7) is 3.14. The fraction of sp³-hybridized carbons (Fsp3) is 0.316. The first-order valence-electron chi connectivity index (χ1n) is 9.02. The Hall–Kier alpha value is -3.04. The fourth-order valence-electron chi connectivity index (χ4n) is 2.88. The summed E-state index contributed by atoms with van der Waals surface area (Å²) in [5, 5.41) is 15.2. The highest BCUT2D eigenvalue weighted by Gasteiger charge is 2.20. The molecule has 1 atom stereocenters. The van der Waals surface area contributed by atoms with Gasteiger partial charge >= 0.3 is 0 Å². The predicted octanol–water partition coefficient (Wildman–Crippen LogP) is 2.59. The summed E-state index contributed by atoms with van der Waals surface area (Å²) in [6, 6.07) is 6.66. The van der Waals surface area contributed by atoms with Gasteiger partial charge in [0.2, 0.25) is 5.88 Å². The number of carbonyl (C=O) groups excluding carboxylic acids is 1. The minimum absolute atomic E-state index is 0.0116. The van der Waals surface area contributed by atoms with Crippen LogP contribution >= 0.6 is 11.6 Å². The molecule has 1 aliphatic heterocycles. The highest BCUT2D eigenvalue weighted by Crippen LogP contribution is 2.26. The first-order valence-corrected chi connectivity index (χ1v) is 9.40. The lowest BCUT2D eigenvalue weighted by Crippen LogP contribution is -2.35. The number of nitrogens with one attached hydrogen (secondary N) is 1. The minimum Gasteiger partial charge on any atom is -0.472 e. The predicted molar refractivity (Wildman–Crippen MR) is 103 cm³/mol. The van der Waals surface area contributed by atoms with Crippen LogP contribution in [0.25, 0.3) is 11.3 Å². The van der Waals surface area contributed by atoms with E-state index in [0.717, 1.165) is 17.5 Å². The number of amides is 1. The first-order chi connectivity index (χ1) is 14.1. The second kappa shape index (κ2) is 8.54.